The minimum Gasteiger partial charge on any atom is -0.436 e. The number of benzene rings is 2. The largest absolute Gasteiger partial charge is 0.436 e. The molecule has 2 aromatic carbocycles. The molecule has 2 aromatic heterocycles. The monoisotopic (exact) mass is 511 g/mol. The molecule has 36 heavy (non-hydrogen) atoms. The molecule has 0 saturated heterocycles. The lowest BCUT2D eigenvalue weighted by atomic mass is 10.2. The number of nitrogens with two attached hydrogens (primary N) is 1. The zero-order chi connectivity index (χ0) is 25.7. The Morgan fingerprint density at radius 3 is 2.44 bits per heavy atom. The van der Waals surface area contributed by atoms with Crippen LogP contribution in [-0.4, -0.2) is 31.2 Å². The van der Waals surface area contributed by atoms with Crippen LogP contribution in [0.1, 0.15) is 5.56 Å². The molecule has 2 heterocycles. The second kappa shape index (κ2) is 10.6. The van der Waals surface area contributed by atoms with Gasteiger partial charge in [0.25, 0.3) is 5.88 Å². The van der Waals surface area contributed by atoms with Crippen molar-refractivity contribution >= 4 is 29.2 Å². The molecule has 3 amide bonds. The molecular formula is C22H18ClN7O6. The number of imide groups is 1. The third-order valence-electron chi connectivity index (χ3n) is 4.71. The van der Waals surface area contributed by atoms with Gasteiger partial charge in [0.1, 0.15) is 18.6 Å². The van der Waals surface area contributed by atoms with E-state index in [1.165, 1.54) is 10.8 Å². The predicted molar refractivity (Wildman–Crippen MR) is 126 cm³/mol. The fraction of sp³-hybridized carbons (Fsp3) is 0.0909. The van der Waals surface area contributed by atoms with Gasteiger partial charge in [0, 0.05) is 11.1 Å². The standard InChI is InChI=1S/C22H18ClN7O6/c23-14-3-1-13(2-4-14)11-29-20(27-21(33)30(22(29)34)12-17(31)26-19(24)32)25-15-5-7-16(8-6-15)36-18-9-10-35-28-18/h1-10H,11-12H2,(H,25,27,33)(H3,24,26,31,32). The summed E-state index contributed by atoms with van der Waals surface area (Å²) in [7, 11) is 0. The molecule has 0 unspecified atom stereocenters. The number of halogens is 1. The van der Waals surface area contributed by atoms with E-state index in [0.717, 1.165) is 0 Å². The van der Waals surface area contributed by atoms with Gasteiger partial charge in [0.05, 0.1) is 12.2 Å². The molecule has 0 aliphatic rings. The molecule has 0 aliphatic heterocycles. The van der Waals surface area contributed by atoms with Gasteiger partial charge in [0.15, 0.2) is 0 Å². The summed E-state index contributed by atoms with van der Waals surface area (Å²) in [6.07, 6.45) is 1.37. The van der Waals surface area contributed by atoms with Crippen LogP contribution in [0.25, 0.3) is 0 Å². The zero-order valence-electron chi connectivity index (χ0n) is 18.4. The molecule has 0 radical (unpaired) electrons. The van der Waals surface area contributed by atoms with E-state index in [-0.39, 0.29) is 18.0 Å². The van der Waals surface area contributed by atoms with Crippen LogP contribution >= 0.6 is 11.6 Å². The molecule has 4 N–H and O–H groups in total. The van der Waals surface area contributed by atoms with E-state index in [4.69, 9.17) is 26.6 Å². The number of H-pyrrole nitrogens is 1. The van der Waals surface area contributed by atoms with Gasteiger partial charge in [-0.2, -0.15) is 0 Å². The molecule has 0 saturated carbocycles. The molecule has 184 valence electrons. The Labute approximate surface area is 206 Å². The third-order valence-corrected chi connectivity index (χ3v) is 4.96. The number of hydrogen-bond donors (Lipinski definition) is 3. The Balaban J connectivity index is 1.74. The molecule has 4 aromatic rings. The first-order valence-corrected chi connectivity index (χ1v) is 10.7. The molecule has 0 atom stereocenters. The number of primary amides is 1. The van der Waals surface area contributed by atoms with Crippen LogP contribution in [0.2, 0.25) is 5.02 Å². The molecule has 13 nitrogen and oxygen atoms in total. The van der Waals surface area contributed by atoms with Crippen molar-refractivity contribution in [1.82, 2.24) is 24.6 Å². The van der Waals surface area contributed by atoms with Crippen molar-refractivity contribution in [3.63, 3.8) is 0 Å². The van der Waals surface area contributed by atoms with Gasteiger partial charge in [-0.15, -0.1) is 0 Å². The maximum absolute atomic E-state index is 13.2. The lowest BCUT2D eigenvalue weighted by Crippen LogP contribution is -2.52. The predicted octanol–water partition coefficient (Wildman–Crippen LogP) is 1.25. The van der Waals surface area contributed by atoms with Crippen LogP contribution in [0.5, 0.6) is 11.6 Å². The van der Waals surface area contributed by atoms with Gasteiger partial charge in [-0.1, -0.05) is 23.7 Å². The van der Waals surface area contributed by atoms with E-state index in [0.29, 0.717) is 26.6 Å². The maximum Gasteiger partial charge on any atom is 0.335 e. The summed E-state index contributed by atoms with van der Waals surface area (Å²) in [6, 6.07) is 13.6. The van der Waals surface area contributed by atoms with Gasteiger partial charge in [-0.25, -0.2) is 23.9 Å². The molecule has 0 fully saturated rings. The summed E-state index contributed by atoms with van der Waals surface area (Å²) in [5.74, 6) is -0.199. The highest BCUT2D eigenvalue weighted by molar-refractivity contribution is 6.30. The van der Waals surface area contributed by atoms with Crippen LogP contribution in [0.4, 0.5) is 10.5 Å². The normalized spacial score (nSPS) is 11.3. The first-order chi connectivity index (χ1) is 17.3. The van der Waals surface area contributed by atoms with Gasteiger partial charge in [-0.3, -0.25) is 19.7 Å². The Kier molecular flexibility index (Phi) is 7.11. The Morgan fingerprint density at radius 1 is 1.08 bits per heavy atom. The third kappa shape index (κ3) is 5.95. The number of aromatic nitrogens is 4. The number of carbonyl (C=O) groups is 2. The van der Waals surface area contributed by atoms with E-state index in [2.05, 4.69) is 15.1 Å². The first kappa shape index (κ1) is 24.2. The van der Waals surface area contributed by atoms with Gasteiger partial charge in [-0.05, 0) is 47.1 Å². The van der Waals surface area contributed by atoms with Crippen LogP contribution in [0, 0.1) is 0 Å². The molecule has 0 aliphatic carbocycles. The Morgan fingerprint density at radius 2 is 1.81 bits per heavy atom. The lowest BCUT2D eigenvalue weighted by Gasteiger charge is -2.11. The Hall–Kier alpha value is -4.91. The SMILES string of the molecule is NC(=O)NC(=O)Cn1c(=O)[nH]/c(=N\c2ccc(Oc3ccon3)cc2)n(Cc2ccc(Cl)cc2)c1=O. The van der Waals surface area contributed by atoms with Crippen molar-refractivity contribution in [3.05, 3.63) is 98.0 Å². The van der Waals surface area contributed by atoms with Crippen molar-refractivity contribution in [2.24, 2.45) is 10.7 Å². The topological polar surface area (TPSA) is 180 Å². The summed E-state index contributed by atoms with van der Waals surface area (Å²) < 4.78 is 12.0. The number of aromatic amines is 1. The number of hydrogen-bond acceptors (Lipinski definition) is 8. The average Bonchev–Trinajstić information content (AvgIpc) is 3.34. The van der Waals surface area contributed by atoms with Crippen LogP contribution in [-0.2, 0) is 17.9 Å². The fourth-order valence-corrected chi connectivity index (χ4v) is 3.23. The van der Waals surface area contributed by atoms with Gasteiger partial charge >= 0.3 is 17.4 Å². The minimum atomic E-state index is -1.11. The highest BCUT2D eigenvalue weighted by Crippen LogP contribution is 2.22. The summed E-state index contributed by atoms with van der Waals surface area (Å²) >= 11 is 5.95. The number of urea groups is 1. The molecule has 0 bridgehead atoms. The smallest absolute Gasteiger partial charge is 0.335 e. The number of nitrogens with zero attached hydrogens (tertiary/aromatic N) is 4. The van der Waals surface area contributed by atoms with Gasteiger partial charge in [0.2, 0.25) is 11.5 Å². The number of nitrogens with one attached hydrogen (secondary N) is 2. The van der Waals surface area contributed by atoms with E-state index in [1.807, 2.05) is 5.32 Å². The van der Waals surface area contributed by atoms with Crippen molar-refractivity contribution in [1.29, 1.82) is 0 Å². The zero-order valence-corrected chi connectivity index (χ0v) is 19.1. The molecular weight excluding hydrogens is 494 g/mol. The van der Waals surface area contributed by atoms with Crippen LogP contribution in [0.3, 0.4) is 0 Å². The first-order valence-electron chi connectivity index (χ1n) is 10.3. The van der Waals surface area contributed by atoms with Crippen LogP contribution < -0.4 is 32.8 Å². The van der Waals surface area contributed by atoms with E-state index >= 15 is 0 Å². The van der Waals surface area contributed by atoms with Crippen LogP contribution in [0.15, 0.2) is 80.0 Å². The van der Waals surface area contributed by atoms with E-state index < -0.39 is 29.9 Å². The Bertz CT molecular complexity index is 1570. The van der Waals surface area contributed by atoms with Gasteiger partial charge < -0.3 is 15.0 Å². The number of rotatable bonds is 7. The number of amides is 3. The molecule has 14 heteroatoms. The number of ether oxygens (including phenoxy) is 1. The summed E-state index contributed by atoms with van der Waals surface area (Å²) in [5, 5.41) is 5.98. The quantitative estimate of drug-likeness (QED) is 0.334. The second-order valence-corrected chi connectivity index (χ2v) is 7.73. The maximum atomic E-state index is 13.2. The molecule has 4 rings (SSSR count). The van der Waals surface area contributed by atoms with Crippen molar-refractivity contribution in [2.75, 3.05) is 0 Å². The van der Waals surface area contributed by atoms with Crippen molar-refractivity contribution in [3.8, 4) is 11.6 Å². The average molecular weight is 512 g/mol. The fourth-order valence-electron chi connectivity index (χ4n) is 3.10. The summed E-state index contributed by atoms with van der Waals surface area (Å²) in [4.78, 5) is 55.6. The highest BCUT2D eigenvalue weighted by Gasteiger charge is 2.14. The molecule has 0 spiro atoms. The lowest BCUT2D eigenvalue weighted by molar-refractivity contribution is -0.120. The van der Waals surface area contributed by atoms with Crippen molar-refractivity contribution in [2.45, 2.75) is 13.1 Å². The van der Waals surface area contributed by atoms with E-state index in [9.17, 15) is 19.2 Å². The second-order valence-electron chi connectivity index (χ2n) is 7.29. The van der Waals surface area contributed by atoms with Crippen molar-refractivity contribution < 1.29 is 18.8 Å². The summed E-state index contributed by atoms with van der Waals surface area (Å²) in [5.41, 5.74) is 4.19. The number of carbonyl (C=O) groups excluding carboxylic acids is 2. The minimum absolute atomic E-state index is 0.00356. The summed E-state index contributed by atoms with van der Waals surface area (Å²) in [6.45, 7) is -0.734. The van der Waals surface area contributed by atoms with E-state index in [1.54, 1.807) is 54.6 Å². The highest BCUT2D eigenvalue weighted by atomic mass is 35.5.